The van der Waals surface area contributed by atoms with E-state index >= 15 is 0 Å². The SMILES string of the molecule is CCOCC(OO)OCC. The van der Waals surface area contributed by atoms with Gasteiger partial charge in [-0.2, -0.15) is 0 Å². The van der Waals surface area contributed by atoms with Crippen molar-refractivity contribution in [2.45, 2.75) is 20.1 Å². The van der Waals surface area contributed by atoms with Crippen molar-refractivity contribution in [1.29, 1.82) is 0 Å². The molecular formula is C6H14O4. The lowest BCUT2D eigenvalue weighted by Gasteiger charge is -2.11. The molecule has 0 saturated heterocycles. The van der Waals surface area contributed by atoms with Crippen molar-refractivity contribution in [3.63, 3.8) is 0 Å². The predicted octanol–water partition coefficient (Wildman–Crippen LogP) is 0.875. The maximum atomic E-state index is 8.18. The molecule has 0 aromatic rings. The van der Waals surface area contributed by atoms with Crippen molar-refractivity contribution < 1.29 is 19.6 Å². The average Bonchev–Trinajstić information content (AvgIpc) is 1.98. The number of hydrogen-bond acceptors (Lipinski definition) is 4. The zero-order chi connectivity index (χ0) is 7.82. The van der Waals surface area contributed by atoms with Gasteiger partial charge in [0.05, 0.1) is 0 Å². The van der Waals surface area contributed by atoms with Crippen LogP contribution in [-0.2, 0) is 14.4 Å². The first kappa shape index (κ1) is 9.84. The fourth-order valence-corrected chi connectivity index (χ4v) is 0.509. The Bertz CT molecular complexity index is 66.8. The molecule has 0 radical (unpaired) electrons. The third-order valence-corrected chi connectivity index (χ3v) is 0.928. The zero-order valence-electron chi connectivity index (χ0n) is 6.37. The molecule has 0 rings (SSSR count). The Balaban J connectivity index is 3.21. The van der Waals surface area contributed by atoms with Crippen LogP contribution in [0.1, 0.15) is 13.8 Å². The van der Waals surface area contributed by atoms with Crippen LogP contribution in [0.3, 0.4) is 0 Å². The number of ether oxygens (including phenoxy) is 2. The molecule has 62 valence electrons. The summed E-state index contributed by atoms with van der Waals surface area (Å²) in [5.41, 5.74) is 0. The topological polar surface area (TPSA) is 47.9 Å². The Morgan fingerprint density at radius 3 is 2.40 bits per heavy atom. The lowest BCUT2D eigenvalue weighted by atomic mass is 10.6. The Morgan fingerprint density at radius 1 is 1.30 bits per heavy atom. The monoisotopic (exact) mass is 150 g/mol. The van der Waals surface area contributed by atoms with E-state index in [1.165, 1.54) is 0 Å². The van der Waals surface area contributed by atoms with Crippen LogP contribution >= 0.6 is 0 Å². The molecule has 0 amide bonds. The molecule has 0 saturated carbocycles. The van der Waals surface area contributed by atoms with Gasteiger partial charge in [-0.3, -0.25) is 0 Å². The van der Waals surface area contributed by atoms with E-state index in [-0.39, 0.29) is 6.61 Å². The van der Waals surface area contributed by atoms with Gasteiger partial charge in [-0.05, 0) is 13.8 Å². The molecule has 0 aliphatic carbocycles. The van der Waals surface area contributed by atoms with Crippen LogP contribution in [0.4, 0.5) is 0 Å². The Kier molecular flexibility index (Phi) is 6.84. The predicted molar refractivity (Wildman–Crippen MR) is 35.6 cm³/mol. The van der Waals surface area contributed by atoms with Crippen molar-refractivity contribution >= 4 is 0 Å². The molecule has 0 heterocycles. The normalized spacial score (nSPS) is 13.5. The van der Waals surface area contributed by atoms with E-state index in [1.807, 2.05) is 13.8 Å². The third-order valence-electron chi connectivity index (χ3n) is 0.928. The van der Waals surface area contributed by atoms with E-state index < -0.39 is 6.29 Å². The highest BCUT2D eigenvalue weighted by molar-refractivity contribution is 4.36. The molecule has 0 spiro atoms. The van der Waals surface area contributed by atoms with Crippen molar-refractivity contribution in [3.8, 4) is 0 Å². The van der Waals surface area contributed by atoms with Gasteiger partial charge in [0.1, 0.15) is 6.61 Å². The molecule has 0 aromatic heterocycles. The summed E-state index contributed by atoms with van der Waals surface area (Å²) in [6.07, 6.45) is -0.648. The van der Waals surface area contributed by atoms with Gasteiger partial charge in [-0.25, -0.2) is 10.1 Å². The summed E-state index contributed by atoms with van der Waals surface area (Å²) in [5, 5.41) is 8.18. The number of rotatable bonds is 6. The highest BCUT2D eigenvalue weighted by Crippen LogP contribution is 1.92. The molecule has 4 nitrogen and oxygen atoms in total. The average molecular weight is 150 g/mol. The molecule has 1 N–H and O–H groups in total. The van der Waals surface area contributed by atoms with E-state index in [1.54, 1.807) is 0 Å². The molecule has 0 aromatic carbocycles. The lowest BCUT2D eigenvalue weighted by molar-refractivity contribution is -0.353. The summed E-state index contributed by atoms with van der Waals surface area (Å²) < 4.78 is 9.83. The van der Waals surface area contributed by atoms with Gasteiger partial charge in [0.15, 0.2) is 0 Å². The van der Waals surface area contributed by atoms with Crippen LogP contribution in [0.25, 0.3) is 0 Å². The maximum Gasteiger partial charge on any atom is 0.214 e. The highest BCUT2D eigenvalue weighted by atomic mass is 17.1. The van der Waals surface area contributed by atoms with Gasteiger partial charge in [0.2, 0.25) is 6.29 Å². The molecule has 1 atom stereocenters. The molecule has 0 aliphatic rings. The van der Waals surface area contributed by atoms with E-state index in [2.05, 4.69) is 4.89 Å². The second-order valence-corrected chi connectivity index (χ2v) is 1.65. The van der Waals surface area contributed by atoms with Crippen LogP contribution < -0.4 is 0 Å². The van der Waals surface area contributed by atoms with Crippen LogP contribution in [0.2, 0.25) is 0 Å². The first-order chi connectivity index (χ1) is 4.85. The van der Waals surface area contributed by atoms with E-state index in [0.29, 0.717) is 13.2 Å². The molecule has 0 bridgehead atoms. The van der Waals surface area contributed by atoms with E-state index in [4.69, 9.17) is 14.7 Å². The minimum Gasteiger partial charge on any atom is -0.376 e. The van der Waals surface area contributed by atoms with Gasteiger partial charge in [-0.15, -0.1) is 0 Å². The Labute approximate surface area is 60.6 Å². The Hall–Kier alpha value is -0.160. The molecule has 0 aliphatic heterocycles. The van der Waals surface area contributed by atoms with E-state index in [0.717, 1.165) is 0 Å². The molecule has 1 unspecified atom stereocenters. The van der Waals surface area contributed by atoms with Crippen molar-refractivity contribution in [2.75, 3.05) is 19.8 Å². The minimum atomic E-state index is -0.648. The summed E-state index contributed by atoms with van der Waals surface area (Å²) in [4.78, 5) is 3.95. The molecular weight excluding hydrogens is 136 g/mol. The van der Waals surface area contributed by atoms with E-state index in [9.17, 15) is 0 Å². The van der Waals surface area contributed by atoms with Crippen molar-refractivity contribution in [1.82, 2.24) is 0 Å². The van der Waals surface area contributed by atoms with Crippen LogP contribution in [-0.4, -0.2) is 31.4 Å². The van der Waals surface area contributed by atoms with Crippen molar-refractivity contribution in [3.05, 3.63) is 0 Å². The summed E-state index contributed by atoms with van der Waals surface area (Å²) in [6.45, 7) is 5.03. The minimum absolute atomic E-state index is 0.265. The van der Waals surface area contributed by atoms with Crippen LogP contribution in [0.5, 0.6) is 0 Å². The van der Waals surface area contributed by atoms with Gasteiger partial charge < -0.3 is 9.47 Å². The van der Waals surface area contributed by atoms with Crippen LogP contribution in [0, 0.1) is 0 Å². The second-order valence-electron chi connectivity index (χ2n) is 1.65. The first-order valence-electron chi connectivity index (χ1n) is 3.34. The maximum absolute atomic E-state index is 8.18. The largest absolute Gasteiger partial charge is 0.376 e. The first-order valence-corrected chi connectivity index (χ1v) is 3.34. The van der Waals surface area contributed by atoms with Gasteiger partial charge in [0.25, 0.3) is 0 Å². The van der Waals surface area contributed by atoms with Gasteiger partial charge in [0, 0.05) is 13.2 Å². The quantitative estimate of drug-likeness (QED) is 0.347. The Morgan fingerprint density at radius 2 is 2.00 bits per heavy atom. The third kappa shape index (κ3) is 4.69. The number of hydrogen-bond donors (Lipinski definition) is 1. The van der Waals surface area contributed by atoms with Gasteiger partial charge >= 0.3 is 0 Å². The molecule has 10 heavy (non-hydrogen) atoms. The zero-order valence-corrected chi connectivity index (χ0v) is 6.37. The highest BCUT2D eigenvalue weighted by Gasteiger charge is 2.06. The summed E-state index contributed by atoms with van der Waals surface area (Å²) in [6, 6.07) is 0. The summed E-state index contributed by atoms with van der Waals surface area (Å²) >= 11 is 0. The van der Waals surface area contributed by atoms with Gasteiger partial charge in [-0.1, -0.05) is 0 Å². The fraction of sp³-hybridized carbons (Fsp3) is 1.00. The van der Waals surface area contributed by atoms with Crippen LogP contribution in [0.15, 0.2) is 0 Å². The smallest absolute Gasteiger partial charge is 0.214 e. The standard InChI is InChI=1S/C6H14O4/c1-3-8-5-6(10-7)9-4-2/h6-7H,3-5H2,1-2H3. The molecule has 4 heteroatoms. The summed E-state index contributed by atoms with van der Waals surface area (Å²) in [5.74, 6) is 0. The van der Waals surface area contributed by atoms with Crippen molar-refractivity contribution in [2.24, 2.45) is 0 Å². The molecule has 0 fully saturated rings. The second kappa shape index (κ2) is 6.95. The summed E-state index contributed by atoms with van der Waals surface area (Å²) in [7, 11) is 0. The lowest BCUT2D eigenvalue weighted by Crippen LogP contribution is -2.22. The fourth-order valence-electron chi connectivity index (χ4n) is 0.509.